The van der Waals surface area contributed by atoms with E-state index < -0.39 is 0 Å². The number of hydrogen-bond acceptors (Lipinski definition) is 3. The van der Waals surface area contributed by atoms with Crippen LogP contribution in [0.3, 0.4) is 0 Å². The first-order chi connectivity index (χ1) is 7.83. The van der Waals surface area contributed by atoms with Gasteiger partial charge in [-0.15, -0.1) is 0 Å². The molecule has 0 aromatic rings. The normalized spacial score (nSPS) is 16.6. The van der Waals surface area contributed by atoms with Crippen LogP contribution in [0.1, 0.15) is 38.5 Å². The van der Waals surface area contributed by atoms with E-state index in [2.05, 4.69) is 10.2 Å². The second-order valence-electron chi connectivity index (χ2n) is 4.50. The smallest absolute Gasteiger partial charge is 0.220 e. The van der Waals surface area contributed by atoms with Gasteiger partial charge in [-0.3, -0.25) is 4.79 Å². The monoisotopic (exact) mass is 227 g/mol. The number of unbranched alkanes of at least 4 members (excludes halogenated alkanes) is 2. The van der Waals surface area contributed by atoms with Gasteiger partial charge in [-0.05, 0) is 45.3 Å². The van der Waals surface area contributed by atoms with E-state index in [1.54, 1.807) is 0 Å². The molecule has 0 unspecified atom stereocenters. The molecule has 1 saturated heterocycles. The van der Waals surface area contributed by atoms with Gasteiger partial charge in [0.05, 0.1) is 0 Å². The number of nitrogens with zero attached hydrogens (tertiary/aromatic N) is 1. The first-order valence-corrected chi connectivity index (χ1v) is 6.52. The van der Waals surface area contributed by atoms with Crippen molar-refractivity contribution < 1.29 is 4.79 Å². The molecule has 0 spiro atoms. The van der Waals surface area contributed by atoms with Gasteiger partial charge >= 0.3 is 0 Å². The number of carbonyl (C=O) groups excluding carboxylic acids is 1. The summed E-state index contributed by atoms with van der Waals surface area (Å²) in [5.41, 5.74) is 5.39. The zero-order chi connectivity index (χ0) is 11.6. The fourth-order valence-electron chi connectivity index (χ4n) is 2.05. The van der Waals surface area contributed by atoms with Crippen molar-refractivity contribution in [3.05, 3.63) is 0 Å². The molecule has 0 aliphatic carbocycles. The highest BCUT2D eigenvalue weighted by Crippen LogP contribution is 2.05. The van der Waals surface area contributed by atoms with E-state index in [0.717, 1.165) is 38.9 Å². The predicted octanol–water partition coefficient (Wildman–Crippen LogP) is 0.718. The van der Waals surface area contributed by atoms with Crippen LogP contribution in [-0.4, -0.2) is 43.5 Å². The average Bonchev–Trinajstić information content (AvgIpc) is 2.77. The lowest BCUT2D eigenvalue weighted by molar-refractivity contribution is -0.121. The first kappa shape index (κ1) is 13.5. The van der Waals surface area contributed by atoms with Crippen molar-refractivity contribution in [1.82, 2.24) is 10.2 Å². The van der Waals surface area contributed by atoms with Crippen molar-refractivity contribution in [2.24, 2.45) is 5.73 Å². The number of carbonyl (C=O) groups is 1. The lowest BCUT2D eigenvalue weighted by Gasteiger charge is -2.14. The van der Waals surface area contributed by atoms with Crippen LogP contribution in [0.4, 0.5) is 0 Å². The van der Waals surface area contributed by atoms with Gasteiger partial charge in [0.15, 0.2) is 0 Å². The van der Waals surface area contributed by atoms with Crippen LogP contribution in [0, 0.1) is 0 Å². The maximum Gasteiger partial charge on any atom is 0.220 e. The highest BCUT2D eigenvalue weighted by Gasteiger charge is 2.10. The second kappa shape index (κ2) is 8.53. The molecule has 1 fully saturated rings. The van der Waals surface area contributed by atoms with E-state index in [4.69, 9.17) is 5.73 Å². The van der Waals surface area contributed by atoms with Crippen LogP contribution in [0.2, 0.25) is 0 Å². The Bertz CT molecular complexity index is 191. The Labute approximate surface area is 98.6 Å². The van der Waals surface area contributed by atoms with E-state index in [9.17, 15) is 4.79 Å². The van der Waals surface area contributed by atoms with Gasteiger partial charge in [0.1, 0.15) is 0 Å². The van der Waals surface area contributed by atoms with E-state index in [-0.39, 0.29) is 5.91 Å². The first-order valence-electron chi connectivity index (χ1n) is 6.52. The molecule has 0 aromatic heterocycles. The van der Waals surface area contributed by atoms with E-state index in [1.807, 2.05) is 0 Å². The predicted molar refractivity (Wildman–Crippen MR) is 66.2 cm³/mol. The van der Waals surface area contributed by atoms with Crippen molar-refractivity contribution in [2.75, 3.05) is 32.7 Å². The maximum atomic E-state index is 11.4. The molecule has 94 valence electrons. The van der Waals surface area contributed by atoms with Gasteiger partial charge in [-0.1, -0.05) is 6.42 Å². The molecule has 0 aromatic carbocycles. The van der Waals surface area contributed by atoms with Crippen LogP contribution >= 0.6 is 0 Å². The summed E-state index contributed by atoms with van der Waals surface area (Å²) in [6.45, 7) is 4.94. The van der Waals surface area contributed by atoms with Crippen LogP contribution in [0.5, 0.6) is 0 Å². The highest BCUT2D eigenvalue weighted by atomic mass is 16.1. The number of nitrogens with one attached hydrogen (secondary N) is 1. The van der Waals surface area contributed by atoms with Crippen LogP contribution in [0.15, 0.2) is 0 Å². The molecule has 4 heteroatoms. The van der Waals surface area contributed by atoms with Crippen LogP contribution in [0.25, 0.3) is 0 Å². The summed E-state index contributed by atoms with van der Waals surface area (Å²) in [6.07, 6.45) is 6.34. The summed E-state index contributed by atoms with van der Waals surface area (Å²) in [6, 6.07) is 0. The molecule has 1 amide bonds. The molecule has 16 heavy (non-hydrogen) atoms. The summed E-state index contributed by atoms with van der Waals surface area (Å²) in [5.74, 6) is 0.191. The van der Waals surface area contributed by atoms with Crippen molar-refractivity contribution >= 4 is 5.91 Å². The third-order valence-electron chi connectivity index (χ3n) is 3.06. The van der Waals surface area contributed by atoms with Crippen LogP contribution in [-0.2, 0) is 4.79 Å². The van der Waals surface area contributed by atoms with E-state index in [1.165, 1.54) is 25.9 Å². The number of rotatable bonds is 8. The molecule has 4 nitrogen and oxygen atoms in total. The Morgan fingerprint density at radius 1 is 1.19 bits per heavy atom. The van der Waals surface area contributed by atoms with Gasteiger partial charge in [-0.25, -0.2) is 0 Å². The Balaban J connectivity index is 1.89. The number of hydrogen-bond donors (Lipinski definition) is 2. The Kier molecular flexibility index (Phi) is 7.17. The molecule has 0 radical (unpaired) electrons. The number of amides is 1. The van der Waals surface area contributed by atoms with Crippen molar-refractivity contribution in [3.8, 4) is 0 Å². The van der Waals surface area contributed by atoms with Crippen molar-refractivity contribution in [1.29, 1.82) is 0 Å². The Hall–Kier alpha value is -0.610. The summed E-state index contributed by atoms with van der Waals surface area (Å²) in [5, 5.41) is 2.97. The molecular formula is C12H25N3O. The fraction of sp³-hybridized carbons (Fsp3) is 0.917. The topological polar surface area (TPSA) is 58.4 Å². The lowest BCUT2D eigenvalue weighted by Crippen LogP contribution is -2.33. The Morgan fingerprint density at radius 3 is 2.62 bits per heavy atom. The summed E-state index contributed by atoms with van der Waals surface area (Å²) in [4.78, 5) is 13.8. The lowest BCUT2D eigenvalue weighted by atomic mass is 10.2. The summed E-state index contributed by atoms with van der Waals surface area (Å²) in [7, 11) is 0. The molecule has 1 aliphatic heterocycles. The van der Waals surface area contributed by atoms with E-state index in [0.29, 0.717) is 6.42 Å². The average molecular weight is 227 g/mol. The zero-order valence-electron chi connectivity index (χ0n) is 10.2. The molecule has 1 heterocycles. The largest absolute Gasteiger partial charge is 0.355 e. The maximum absolute atomic E-state index is 11.4. The highest BCUT2D eigenvalue weighted by molar-refractivity contribution is 5.75. The number of likely N-dealkylation sites (tertiary alicyclic amines) is 1. The van der Waals surface area contributed by atoms with E-state index >= 15 is 0 Å². The second-order valence-corrected chi connectivity index (χ2v) is 4.50. The van der Waals surface area contributed by atoms with Crippen LogP contribution < -0.4 is 11.1 Å². The van der Waals surface area contributed by atoms with Gasteiger partial charge < -0.3 is 16.0 Å². The van der Waals surface area contributed by atoms with Gasteiger partial charge in [0.2, 0.25) is 5.91 Å². The standard InChI is InChI=1S/C12H25N3O/c13-7-3-1-2-6-12(16)14-8-11-15-9-4-5-10-15/h1-11,13H2,(H,14,16). The fourth-order valence-corrected chi connectivity index (χ4v) is 2.05. The molecule has 1 rings (SSSR count). The molecular weight excluding hydrogens is 202 g/mol. The minimum absolute atomic E-state index is 0.191. The molecule has 3 N–H and O–H groups in total. The summed E-state index contributed by atoms with van der Waals surface area (Å²) >= 11 is 0. The SMILES string of the molecule is NCCCCCC(=O)NCCN1CCCC1. The third-order valence-corrected chi connectivity index (χ3v) is 3.06. The molecule has 0 saturated carbocycles. The quantitative estimate of drug-likeness (QED) is 0.601. The minimum Gasteiger partial charge on any atom is -0.355 e. The zero-order valence-corrected chi connectivity index (χ0v) is 10.2. The Morgan fingerprint density at radius 2 is 1.94 bits per heavy atom. The summed E-state index contributed by atoms with van der Waals surface area (Å²) < 4.78 is 0. The minimum atomic E-state index is 0.191. The van der Waals surface area contributed by atoms with Gasteiger partial charge in [0, 0.05) is 19.5 Å². The third kappa shape index (κ3) is 6.08. The number of nitrogens with two attached hydrogens (primary N) is 1. The van der Waals surface area contributed by atoms with Gasteiger partial charge in [0.25, 0.3) is 0 Å². The van der Waals surface area contributed by atoms with Gasteiger partial charge in [-0.2, -0.15) is 0 Å². The molecule has 0 atom stereocenters. The van der Waals surface area contributed by atoms with Crippen molar-refractivity contribution in [2.45, 2.75) is 38.5 Å². The molecule has 0 bridgehead atoms. The molecule has 1 aliphatic rings. The van der Waals surface area contributed by atoms with Crippen molar-refractivity contribution in [3.63, 3.8) is 0 Å².